The summed E-state index contributed by atoms with van der Waals surface area (Å²) in [7, 11) is 1.61. The van der Waals surface area contributed by atoms with Crippen molar-refractivity contribution >= 4 is 10.9 Å². The number of rotatable bonds is 10. The third kappa shape index (κ3) is 6.25. The second kappa shape index (κ2) is 11.8. The molecule has 0 radical (unpaired) electrons. The molecule has 1 atom stereocenters. The molecule has 37 heavy (non-hydrogen) atoms. The number of likely N-dealkylation sites (tertiary alicyclic amines) is 1. The van der Waals surface area contributed by atoms with E-state index in [9.17, 15) is 23.4 Å². The van der Waals surface area contributed by atoms with Crippen LogP contribution < -0.4 is 4.74 Å². The van der Waals surface area contributed by atoms with E-state index in [1.807, 2.05) is 25.1 Å². The Hall–Kier alpha value is -2.68. The molecule has 1 aromatic heterocycles. The third-order valence-corrected chi connectivity index (χ3v) is 7.86. The summed E-state index contributed by atoms with van der Waals surface area (Å²) in [5.74, 6) is -1.89. The highest BCUT2D eigenvalue weighted by atomic mass is 19.1. The Labute approximate surface area is 215 Å². The summed E-state index contributed by atoms with van der Waals surface area (Å²) < 4.78 is 46.3. The Balaban J connectivity index is 1.33. The smallest absolute Gasteiger partial charge is 0.132 e. The average Bonchev–Trinajstić information content (AvgIpc) is 2.89. The molecule has 8 heteroatoms. The first kappa shape index (κ1) is 27.4. The van der Waals surface area contributed by atoms with Crippen LogP contribution in [-0.4, -0.2) is 53.4 Å². The van der Waals surface area contributed by atoms with Crippen LogP contribution in [0, 0.1) is 29.8 Å². The quantitative estimate of drug-likeness (QED) is 0.373. The van der Waals surface area contributed by atoms with Gasteiger partial charge in [0.25, 0.3) is 0 Å². The van der Waals surface area contributed by atoms with Crippen LogP contribution in [0.15, 0.2) is 36.5 Å². The van der Waals surface area contributed by atoms with E-state index >= 15 is 0 Å². The first-order valence-corrected chi connectivity index (χ1v) is 12.8. The fraction of sp³-hybridized carbons (Fsp3) is 0.483. The number of benzene rings is 2. The molecule has 200 valence electrons. The van der Waals surface area contributed by atoms with Crippen molar-refractivity contribution in [2.45, 2.75) is 51.6 Å². The number of pyridine rings is 1. The van der Waals surface area contributed by atoms with Crippen LogP contribution in [0.1, 0.15) is 54.9 Å². The predicted molar refractivity (Wildman–Crippen MR) is 137 cm³/mol. The minimum Gasteiger partial charge on any atom is -0.497 e. The molecule has 1 unspecified atom stereocenters. The van der Waals surface area contributed by atoms with Gasteiger partial charge in [-0.15, -0.1) is 0 Å². The highest BCUT2D eigenvalue weighted by Crippen LogP contribution is 2.39. The molecule has 2 heterocycles. The molecule has 5 nitrogen and oxygen atoms in total. The fourth-order valence-corrected chi connectivity index (χ4v) is 5.48. The zero-order valence-electron chi connectivity index (χ0n) is 21.4. The average molecular weight is 517 g/mol. The van der Waals surface area contributed by atoms with Crippen LogP contribution in [0.2, 0.25) is 0 Å². The number of hydrogen-bond donors (Lipinski definition) is 2. The van der Waals surface area contributed by atoms with E-state index in [2.05, 4.69) is 9.88 Å². The molecular formula is C29H35F3N2O3. The van der Waals surface area contributed by atoms with Crippen molar-refractivity contribution in [1.29, 1.82) is 0 Å². The minimum absolute atomic E-state index is 0.0451. The number of piperidine rings is 1. The molecule has 1 aliphatic rings. The first-order chi connectivity index (χ1) is 17.7. The second-order valence-corrected chi connectivity index (χ2v) is 10.2. The number of aromatic nitrogens is 1. The van der Waals surface area contributed by atoms with Gasteiger partial charge in [-0.05, 0) is 99.8 Å². The van der Waals surface area contributed by atoms with Crippen LogP contribution in [0.5, 0.6) is 5.75 Å². The van der Waals surface area contributed by atoms with Crippen molar-refractivity contribution in [3.8, 4) is 5.75 Å². The van der Waals surface area contributed by atoms with Crippen molar-refractivity contribution in [3.05, 3.63) is 70.7 Å². The lowest BCUT2D eigenvalue weighted by Gasteiger charge is -2.41. The zero-order valence-corrected chi connectivity index (χ0v) is 21.4. The number of nitrogens with zero attached hydrogens (tertiary/aromatic N) is 2. The van der Waals surface area contributed by atoms with Gasteiger partial charge in [-0.1, -0.05) is 0 Å². The summed E-state index contributed by atoms with van der Waals surface area (Å²) in [6.07, 6.45) is 4.59. The van der Waals surface area contributed by atoms with Gasteiger partial charge in [-0.3, -0.25) is 4.98 Å². The van der Waals surface area contributed by atoms with Crippen LogP contribution in [-0.2, 0) is 6.42 Å². The van der Waals surface area contributed by atoms with Crippen molar-refractivity contribution in [2.24, 2.45) is 5.41 Å². The summed E-state index contributed by atoms with van der Waals surface area (Å²) in [6.45, 7) is 4.18. The lowest BCUT2D eigenvalue weighted by atomic mass is 9.74. The van der Waals surface area contributed by atoms with Gasteiger partial charge in [0.1, 0.15) is 23.2 Å². The van der Waals surface area contributed by atoms with Gasteiger partial charge in [-0.25, -0.2) is 13.2 Å². The molecule has 4 rings (SSSR count). The van der Waals surface area contributed by atoms with Crippen molar-refractivity contribution < 1.29 is 28.1 Å². The third-order valence-electron chi connectivity index (χ3n) is 7.86. The number of aliphatic hydroxyl groups excluding tert-OH is 2. The maximum atomic E-state index is 13.9. The summed E-state index contributed by atoms with van der Waals surface area (Å²) in [5, 5.41) is 22.3. The fourth-order valence-electron chi connectivity index (χ4n) is 5.48. The molecule has 2 aromatic carbocycles. The summed E-state index contributed by atoms with van der Waals surface area (Å²) in [5.41, 5.74) is 2.20. The van der Waals surface area contributed by atoms with E-state index in [1.54, 1.807) is 13.3 Å². The van der Waals surface area contributed by atoms with E-state index in [0.29, 0.717) is 31.6 Å². The van der Waals surface area contributed by atoms with E-state index in [1.165, 1.54) is 0 Å². The molecule has 1 fully saturated rings. The number of hydrogen-bond acceptors (Lipinski definition) is 5. The molecule has 0 amide bonds. The van der Waals surface area contributed by atoms with E-state index < -0.39 is 23.6 Å². The van der Waals surface area contributed by atoms with Gasteiger partial charge in [0, 0.05) is 35.9 Å². The summed E-state index contributed by atoms with van der Waals surface area (Å²) in [4.78, 5) is 6.71. The Bertz CT molecular complexity index is 1210. The number of aliphatic hydroxyl groups is 2. The lowest BCUT2D eigenvalue weighted by Crippen LogP contribution is -2.42. The largest absolute Gasteiger partial charge is 0.497 e. The molecule has 0 bridgehead atoms. The van der Waals surface area contributed by atoms with Crippen molar-refractivity contribution in [2.75, 3.05) is 33.4 Å². The Morgan fingerprint density at radius 3 is 2.46 bits per heavy atom. The molecule has 2 N–H and O–H groups in total. The SMILES string of the molecule is COc1ccc2ncc(C)c(C(O)CCC3(CO)CCN(CCCc4c(F)cc(F)cc4F)CC3)c2c1. The molecular weight excluding hydrogens is 481 g/mol. The maximum absolute atomic E-state index is 13.9. The van der Waals surface area contributed by atoms with Gasteiger partial charge in [-0.2, -0.15) is 0 Å². The molecule has 1 aliphatic heterocycles. The standard InChI is InChI=1S/C29H35F3N2O3/c1-19-17-33-26-6-5-21(37-2)16-23(26)28(19)27(36)7-8-29(18-35)9-12-34(13-10-29)11-3-4-22-24(31)14-20(30)15-25(22)32/h5-6,14-17,27,35-36H,3-4,7-13,18H2,1-2H3. The van der Waals surface area contributed by atoms with Gasteiger partial charge in [0.05, 0.1) is 18.7 Å². The van der Waals surface area contributed by atoms with Crippen LogP contribution in [0.3, 0.4) is 0 Å². The monoisotopic (exact) mass is 516 g/mol. The molecule has 0 spiro atoms. The van der Waals surface area contributed by atoms with Crippen LogP contribution in [0.25, 0.3) is 10.9 Å². The van der Waals surface area contributed by atoms with Gasteiger partial charge >= 0.3 is 0 Å². The number of aryl methyl sites for hydroxylation is 1. The van der Waals surface area contributed by atoms with E-state index in [-0.39, 0.29) is 24.0 Å². The highest BCUT2D eigenvalue weighted by molar-refractivity contribution is 5.84. The number of fused-ring (bicyclic) bond motifs is 1. The summed E-state index contributed by atoms with van der Waals surface area (Å²) in [6, 6.07) is 7.07. The second-order valence-electron chi connectivity index (χ2n) is 10.2. The normalized spacial score (nSPS) is 16.7. The topological polar surface area (TPSA) is 65.8 Å². The van der Waals surface area contributed by atoms with Crippen LogP contribution in [0.4, 0.5) is 13.2 Å². The van der Waals surface area contributed by atoms with Crippen molar-refractivity contribution in [3.63, 3.8) is 0 Å². The van der Waals surface area contributed by atoms with Gasteiger partial charge in [0.15, 0.2) is 0 Å². The van der Waals surface area contributed by atoms with E-state index in [0.717, 1.165) is 60.1 Å². The minimum atomic E-state index is -0.910. The van der Waals surface area contributed by atoms with Crippen LogP contribution >= 0.6 is 0 Å². The van der Waals surface area contributed by atoms with E-state index in [4.69, 9.17) is 4.74 Å². The number of ether oxygens (including phenoxy) is 1. The number of halogens is 3. The van der Waals surface area contributed by atoms with Gasteiger partial charge in [0.2, 0.25) is 0 Å². The van der Waals surface area contributed by atoms with Crippen molar-refractivity contribution in [1.82, 2.24) is 9.88 Å². The summed E-state index contributed by atoms with van der Waals surface area (Å²) >= 11 is 0. The Morgan fingerprint density at radius 1 is 1.11 bits per heavy atom. The lowest BCUT2D eigenvalue weighted by molar-refractivity contribution is 0.0233. The zero-order chi connectivity index (χ0) is 26.6. The molecule has 0 aliphatic carbocycles. The molecule has 0 saturated carbocycles. The van der Waals surface area contributed by atoms with Gasteiger partial charge < -0.3 is 19.8 Å². The highest BCUT2D eigenvalue weighted by Gasteiger charge is 2.34. The number of methoxy groups -OCH3 is 1. The predicted octanol–water partition coefficient (Wildman–Crippen LogP) is 5.49. The molecule has 1 saturated heterocycles. The molecule has 3 aromatic rings. The maximum Gasteiger partial charge on any atom is 0.132 e. The Morgan fingerprint density at radius 2 is 1.81 bits per heavy atom. The Kier molecular flexibility index (Phi) is 8.72. The first-order valence-electron chi connectivity index (χ1n) is 12.8.